The summed E-state index contributed by atoms with van der Waals surface area (Å²) in [6, 6.07) is 7.93. The van der Waals surface area contributed by atoms with Crippen molar-refractivity contribution in [1.29, 1.82) is 0 Å². The average molecular weight is 274 g/mol. The van der Waals surface area contributed by atoms with Gasteiger partial charge < -0.3 is 9.84 Å². The molecule has 0 aliphatic rings. The summed E-state index contributed by atoms with van der Waals surface area (Å²) in [6.07, 6.45) is 4.46. The van der Waals surface area contributed by atoms with Crippen LogP contribution in [0.5, 0.6) is 0 Å². The zero-order valence-electron chi connectivity index (χ0n) is 12.9. The molecule has 2 heteroatoms. The lowest BCUT2D eigenvalue weighted by Crippen LogP contribution is -2.07. The summed E-state index contributed by atoms with van der Waals surface area (Å²) in [5.41, 5.74) is 2.12. The van der Waals surface area contributed by atoms with Crippen molar-refractivity contribution < 1.29 is 9.84 Å². The molecular weight excluding hydrogens is 248 g/mol. The van der Waals surface area contributed by atoms with Gasteiger partial charge in [-0.05, 0) is 25.3 Å². The lowest BCUT2D eigenvalue weighted by Gasteiger charge is -2.09. The van der Waals surface area contributed by atoms with Crippen molar-refractivity contribution >= 4 is 0 Å². The van der Waals surface area contributed by atoms with Gasteiger partial charge in [-0.1, -0.05) is 61.4 Å². The first-order chi connectivity index (χ1) is 9.67. The molecule has 0 spiro atoms. The molecule has 1 aromatic rings. The van der Waals surface area contributed by atoms with E-state index < -0.39 is 6.10 Å². The van der Waals surface area contributed by atoms with Crippen molar-refractivity contribution in [2.24, 2.45) is 0 Å². The maximum atomic E-state index is 10.1. The Labute approximate surface area is 123 Å². The van der Waals surface area contributed by atoms with Crippen molar-refractivity contribution in [2.45, 2.75) is 58.2 Å². The minimum absolute atomic E-state index is 0.00762. The maximum Gasteiger partial charge on any atom is 0.117 e. The molecule has 0 amide bonds. The molecule has 0 heterocycles. The fourth-order valence-electron chi connectivity index (χ4n) is 2.00. The number of unbranched alkanes of at least 4 members (excludes halogenated alkanes) is 2. The molecule has 1 aromatic carbocycles. The van der Waals surface area contributed by atoms with E-state index in [0.29, 0.717) is 6.42 Å². The molecule has 0 radical (unpaired) electrons. The van der Waals surface area contributed by atoms with Crippen molar-refractivity contribution in [3.05, 3.63) is 35.4 Å². The summed E-state index contributed by atoms with van der Waals surface area (Å²) in [5, 5.41) is 10.1. The van der Waals surface area contributed by atoms with E-state index in [1.165, 1.54) is 18.4 Å². The summed E-state index contributed by atoms with van der Waals surface area (Å²) in [7, 11) is 1.70. The van der Waals surface area contributed by atoms with E-state index in [1.807, 2.05) is 31.2 Å². The normalized spacial score (nSPS) is 13.4. The van der Waals surface area contributed by atoms with E-state index in [2.05, 4.69) is 18.8 Å². The fraction of sp³-hybridized carbons (Fsp3) is 0.556. The summed E-state index contributed by atoms with van der Waals surface area (Å²) >= 11 is 0. The molecule has 2 nitrogen and oxygen atoms in total. The Bertz CT molecular complexity index is 425. The van der Waals surface area contributed by atoms with Crippen molar-refractivity contribution in [3.8, 4) is 11.8 Å². The molecule has 1 N–H and O–H groups in total. The van der Waals surface area contributed by atoms with Crippen molar-refractivity contribution in [2.75, 3.05) is 7.11 Å². The van der Waals surface area contributed by atoms with E-state index in [4.69, 9.17) is 4.74 Å². The number of rotatable bonds is 7. The highest BCUT2D eigenvalue weighted by atomic mass is 16.5. The first-order valence-corrected chi connectivity index (χ1v) is 7.43. The van der Waals surface area contributed by atoms with Gasteiger partial charge in [0.25, 0.3) is 0 Å². The second-order valence-electron chi connectivity index (χ2n) is 5.17. The van der Waals surface area contributed by atoms with Gasteiger partial charge >= 0.3 is 0 Å². The maximum absolute atomic E-state index is 10.1. The third-order valence-corrected chi connectivity index (χ3v) is 3.37. The van der Waals surface area contributed by atoms with Gasteiger partial charge in [0.1, 0.15) is 6.10 Å². The summed E-state index contributed by atoms with van der Waals surface area (Å²) in [4.78, 5) is 0. The molecule has 0 saturated heterocycles. The Morgan fingerprint density at radius 3 is 2.50 bits per heavy atom. The van der Waals surface area contributed by atoms with Crippen LogP contribution >= 0.6 is 0 Å². The first kappa shape index (κ1) is 16.8. The molecule has 0 aliphatic heterocycles. The first-order valence-electron chi connectivity index (χ1n) is 7.43. The van der Waals surface area contributed by atoms with Crippen LogP contribution in [0.4, 0.5) is 0 Å². The number of ether oxygens (including phenoxy) is 1. The SMILES string of the molecule is CCCCCC(C#CCC(O)c1ccc(C)cc1)OC. The largest absolute Gasteiger partial charge is 0.387 e. The number of aliphatic hydroxyl groups excluding tert-OH is 1. The van der Waals surface area contributed by atoms with Crippen molar-refractivity contribution in [3.63, 3.8) is 0 Å². The van der Waals surface area contributed by atoms with E-state index in [-0.39, 0.29) is 6.10 Å². The Balaban J connectivity index is 2.44. The molecule has 20 heavy (non-hydrogen) atoms. The molecule has 2 unspecified atom stereocenters. The third-order valence-electron chi connectivity index (χ3n) is 3.37. The molecule has 0 bridgehead atoms. The van der Waals surface area contributed by atoms with Crippen LogP contribution in [0, 0.1) is 18.8 Å². The Kier molecular flexibility index (Phi) is 8.02. The highest BCUT2D eigenvalue weighted by Gasteiger charge is 2.06. The third kappa shape index (κ3) is 6.23. The van der Waals surface area contributed by atoms with E-state index in [0.717, 1.165) is 18.4 Å². The Hall–Kier alpha value is -1.30. The molecule has 1 rings (SSSR count). The van der Waals surface area contributed by atoms with Crippen LogP contribution in [0.3, 0.4) is 0 Å². The zero-order chi connectivity index (χ0) is 14.8. The highest BCUT2D eigenvalue weighted by Crippen LogP contribution is 2.16. The standard InChI is InChI=1S/C18H26O2/c1-4-5-6-8-17(20-3)9-7-10-18(19)16-13-11-15(2)12-14-16/h11-14,17-19H,4-6,8,10H2,1-3H3. The topological polar surface area (TPSA) is 29.5 Å². The number of benzene rings is 1. The fourth-order valence-corrected chi connectivity index (χ4v) is 2.00. The Morgan fingerprint density at radius 2 is 1.90 bits per heavy atom. The van der Waals surface area contributed by atoms with Crippen LogP contribution in [-0.2, 0) is 4.74 Å². The number of methoxy groups -OCH3 is 1. The monoisotopic (exact) mass is 274 g/mol. The van der Waals surface area contributed by atoms with E-state index in [1.54, 1.807) is 7.11 Å². The van der Waals surface area contributed by atoms with Crippen LogP contribution in [-0.4, -0.2) is 18.3 Å². The molecule has 0 saturated carbocycles. The highest BCUT2D eigenvalue weighted by molar-refractivity contribution is 5.24. The minimum Gasteiger partial charge on any atom is -0.387 e. The predicted molar refractivity (Wildman–Crippen MR) is 83.5 cm³/mol. The molecule has 0 fully saturated rings. The van der Waals surface area contributed by atoms with Crippen LogP contribution < -0.4 is 0 Å². The van der Waals surface area contributed by atoms with Crippen LogP contribution in [0.25, 0.3) is 0 Å². The van der Waals surface area contributed by atoms with E-state index in [9.17, 15) is 5.11 Å². The predicted octanol–water partition coefficient (Wildman–Crippen LogP) is 4.02. The Morgan fingerprint density at radius 1 is 1.20 bits per heavy atom. The van der Waals surface area contributed by atoms with Gasteiger partial charge in [0, 0.05) is 13.5 Å². The van der Waals surface area contributed by atoms with Gasteiger partial charge in [0.2, 0.25) is 0 Å². The summed E-state index contributed by atoms with van der Waals surface area (Å²) in [5.74, 6) is 6.16. The van der Waals surface area contributed by atoms with Gasteiger partial charge in [-0.15, -0.1) is 0 Å². The molecular formula is C18H26O2. The van der Waals surface area contributed by atoms with Gasteiger partial charge in [-0.3, -0.25) is 0 Å². The van der Waals surface area contributed by atoms with Crippen LogP contribution in [0.15, 0.2) is 24.3 Å². The summed E-state index contributed by atoms with van der Waals surface area (Å²) < 4.78 is 5.34. The average Bonchev–Trinajstić information content (AvgIpc) is 2.46. The van der Waals surface area contributed by atoms with Crippen LogP contribution in [0.1, 0.15) is 56.3 Å². The van der Waals surface area contributed by atoms with Gasteiger partial charge in [0.15, 0.2) is 0 Å². The lowest BCUT2D eigenvalue weighted by atomic mass is 10.0. The van der Waals surface area contributed by atoms with Gasteiger partial charge in [0.05, 0.1) is 6.10 Å². The number of hydrogen-bond donors (Lipinski definition) is 1. The number of hydrogen-bond acceptors (Lipinski definition) is 2. The van der Waals surface area contributed by atoms with Crippen molar-refractivity contribution in [1.82, 2.24) is 0 Å². The van der Waals surface area contributed by atoms with Gasteiger partial charge in [-0.2, -0.15) is 0 Å². The number of aryl methyl sites for hydroxylation is 1. The lowest BCUT2D eigenvalue weighted by molar-refractivity contribution is 0.138. The second-order valence-corrected chi connectivity index (χ2v) is 5.17. The van der Waals surface area contributed by atoms with Gasteiger partial charge in [-0.25, -0.2) is 0 Å². The second kappa shape index (κ2) is 9.58. The van der Waals surface area contributed by atoms with E-state index >= 15 is 0 Å². The molecule has 2 atom stereocenters. The zero-order valence-corrected chi connectivity index (χ0v) is 12.9. The quantitative estimate of drug-likeness (QED) is 0.601. The summed E-state index contributed by atoms with van der Waals surface area (Å²) in [6.45, 7) is 4.22. The molecule has 0 aromatic heterocycles. The smallest absolute Gasteiger partial charge is 0.117 e. The molecule has 0 aliphatic carbocycles. The minimum atomic E-state index is -0.517. The molecule has 110 valence electrons. The van der Waals surface area contributed by atoms with Crippen LogP contribution in [0.2, 0.25) is 0 Å². The number of aliphatic hydroxyl groups is 1.